The van der Waals surface area contributed by atoms with E-state index in [0.29, 0.717) is 17.6 Å². The molecule has 0 N–H and O–H groups in total. The van der Waals surface area contributed by atoms with Crippen molar-refractivity contribution in [2.45, 2.75) is 0 Å². The molecule has 10 rings (SSSR count). The van der Waals surface area contributed by atoms with Crippen LogP contribution in [0.15, 0.2) is 212 Å². The van der Waals surface area contributed by atoms with Crippen LogP contribution in [0.25, 0.3) is 72.8 Å². The summed E-state index contributed by atoms with van der Waals surface area (Å²) in [7, 11) is 0. The Labute approximate surface area is 325 Å². The number of hydrogen-bond acceptors (Lipinski definition) is 4. The zero-order valence-electron chi connectivity index (χ0n) is 30.4. The van der Waals surface area contributed by atoms with Gasteiger partial charge in [-0.15, -0.1) is 0 Å². The third-order valence-corrected chi connectivity index (χ3v) is 10.3. The molecule has 0 fully saturated rings. The Hall–Kier alpha value is -7.63. The number of nitrogens with zero attached hydrogens (tertiary/aromatic N) is 5. The predicted octanol–water partition coefficient (Wildman–Crippen LogP) is 13.1. The highest BCUT2D eigenvalue weighted by molar-refractivity contribution is 6.10. The molecule has 0 aliphatic carbocycles. The summed E-state index contributed by atoms with van der Waals surface area (Å²) in [5.41, 5.74) is 11.5. The van der Waals surface area contributed by atoms with Gasteiger partial charge in [0.05, 0.1) is 16.7 Å². The Balaban J connectivity index is 1.20. The van der Waals surface area contributed by atoms with Crippen LogP contribution in [0.2, 0.25) is 0 Å². The first kappa shape index (κ1) is 33.0. The minimum absolute atomic E-state index is 0.561. The average Bonchev–Trinajstić information content (AvgIpc) is 3.62. The number of aromatic nitrogens is 4. The van der Waals surface area contributed by atoms with E-state index < -0.39 is 0 Å². The van der Waals surface area contributed by atoms with Crippen LogP contribution in [0, 0.1) is 0 Å². The van der Waals surface area contributed by atoms with Crippen molar-refractivity contribution in [3.05, 3.63) is 212 Å². The van der Waals surface area contributed by atoms with Crippen molar-refractivity contribution in [3.8, 4) is 51.0 Å². The fourth-order valence-corrected chi connectivity index (χ4v) is 7.69. The molecule has 0 spiro atoms. The molecule has 0 saturated heterocycles. The maximum Gasteiger partial charge on any atom is 0.238 e. The molecule has 5 heteroatoms. The van der Waals surface area contributed by atoms with Gasteiger partial charge >= 0.3 is 0 Å². The fourth-order valence-electron chi connectivity index (χ4n) is 7.69. The van der Waals surface area contributed by atoms with Crippen LogP contribution in [0.5, 0.6) is 0 Å². The van der Waals surface area contributed by atoms with Gasteiger partial charge in [0.2, 0.25) is 5.95 Å². The molecule has 8 aromatic carbocycles. The van der Waals surface area contributed by atoms with Crippen molar-refractivity contribution < 1.29 is 0 Å². The van der Waals surface area contributed by atoms with Gasteiger partial charge in [0.15, 0.2) is 11.6 Å². The summed E-state index contributed by atoms with van der Waals surface area (Å²) in [4.78, 5) is 18.1. The molecule has 0 amide bonds. The van der Waals surface area contributed by atoms with Crippen LogP contribution in [0.1, 0.15) is 0 Å². The number of hydrogen-bond donors (Lipinski definition) is 0. The minimum Gasteiger partial charge on any atom is -0.310 e. The third kappa shape index (κ3) is 5.98. The fraction of sp³-hybridized carbons (Fsp3) is 0. The summed E-state index contributed by atoms with van der Waals surface area (Å²) >= 11 is 0. The standard InChI is InChI=1S/C51H35N5/c1-5-19-36(20-6-1)38-33-34-48-45(35-38)43-29-16-18-32-47(43)56(48)51-53-49(37-21-7-2-8-22-37)52-50(54-51)44-30-14-13-27-41(44)42-28-15-17-31-46(42)55(39-23-9-3-10-24-39)40-25-11-4-12-26-40/h1-35H. The predicted molar refractivity (Wildman–Crippen MR) is 231 cm³/mol. The molecule has 0 saturated carbocycles. The van der Waals surface area contributed by atoms with E-state index in [4.69, 9.17) is 15.0 Å². The Bertz CT molecular complexity index is 2920. The summed E-state index contributed by atoms with van der Waals surface area (Å²) in [5, 5.41) is 2.28. The zero-order valence-corrected chi connectivity index (χ0v) is 30.4. The lowest BCUT2D eigenvalue weighted by atomic mass is 9.96. The van der Waals surface area contributed by atoms with E-state index in [0.717, 1.165) is 66.7 Å². The summed E-state index contributed by atoms with van der Waals surface area (Å²) in [6.07, 6.45) is 0. The van der Waals surface area contributed by atoms with Gasteiger partial charge in [-0.05, 0) is 65.2 Å². The summed E-state index contributed by atoms with van der Waals surface area (Å²) in [6.45, 7) is 0. The first-order valence-electron chi connectivity index (χ1n) is 18.8. The van der Waals surface area contributed by atoms with Crippen LogP contribution in [-0.2, 0) is 0 Å². The van der Waals surface area contributed by atoms with Gasteiger partial charge in [-0.1, -0.05) is 164 Å². The molecule has 0 aliphatic rings. The Morgan fingerprint density at radius 2 is 0.857 bits per heavy atom. The smallest absolute Gasteiger partial charge is 0.238 e. The third-order valence-electron chi connectivity index (χ3n) is 10.3. The molecule has 10 aromatic rings. The maximum absolute atomic E-state index is 5.36. The van der Waals surface area contributed by atoms with E-state index in [1.807, 2.05) is 18.2 Å². The molecule has 2 heterocycles. The topological polar surface area (TPSA) is 46.8 Å². The van der Waals surface area contributed by atoms with Gasteiger partial charge in [-0.25, -0.2) is 4.98 Å². The van der Waals surface area contributed by atoms with Crippen molar-refractivity contribution >= 4 is 38.9 Å². The van der Waals surface area contributed by atoms with Crippen molar-refractivity contribution in [3.63, 3.8) is 0 Å². The Kier molecular flexibility index (Phi) is 8.43. The normalized spacial score (nSPS) is 11.2. The van der Waals surface area contributed by atoms with Crippen LogP contribution >= 0.6 is 0 Å². The van der Waals surface area contributed by atoms with E-state index in [1.54, 1.807) is 0 Å². The van der Waals surface area contributed by atoms with E-state index in [-0.39, 0.29) is 0 Å². The second-order valence-corrected chi connectivity index (χ2v) is 13.7. The molecular formula is C51H35N5. The van der Waals surface area contributed by atoms with Crippen molar-refractivity contribution in [1.29, 1.82) is 0 Å². The zero-order chi connectivity index (χ0) is 37.3. The van der Waals surface area contributed by atoms with Crippen LogP contribution < -0.4 is 4.90 Å². The van der Waals surface area contributed by atoms with Crippen LogP contribution in [-0.4, -0.2) is 19.5 Å². The van der Waals surface area contributed by atoms with Crippen molar-refractivity contribution in [2.24, 2.45) is 0 Å². The van der Waals surface area contributed by atoms with Crippen LogP contribution in [0.4, 0.5) is 17.1 Å². The Morgan fingerprint density at radius 1 is 0.339 bits per heavy atom. The summed E-state index contributed by atoms with van der Waals surface area (Å²) < 4.78 is 2.18. The highest BCUT2D eigenvalue weighted by Crippen LogP contribution is 2.43. The largest absolute Gasteiger partial charge is 0.310 e. The molecule has 0 atom stereocenters. The van der Waals surface area contributed by atoms with E-state index in [2.05, 4.69) is 204 Å². The second-order valence-electron chi connectivity index (χ2n) is 13.7. The summed E-state index contributed by atoms with van der Waals surface area (Å²) in [6, 6.07) is 73.8. The molecule has 56 heavy (non-hydrogen) atoms. The summed E-state index contributed by atoms with van der Waals surface area (Å²) in [5.74, 6) is 1.76. The van der Waals surface area contributed by atoms with E-state index in [1.165, 1.54) is 5.56 Å². The number of para-hydroxylation sites is 4. The quantitative estimate of drug-likeness (QED) is 0.157. The van der Waals surface area contributed by atoms with Crippen molar-refractivity contribution in [2.75, 3.05) is 4.90 Å². The molecule has 0 unspecified atom stereocenters. The number of anilines is 3. The highest BCUT2D eigenvalue weighted by Gasteiger charge is 2.22. The highest BCUT2D eigenvalue weighted by atomic mass is 15.2. The first-order chi connectivity index (χ1) is 27.8. The molecule has 0 bridgehead atoms. The SMILES string of the molecule is c1ccc(-c2ccc3c(c2)c2ccccc2n3-c2nc(-c3ccccc3)nc(-c3ccccc3-c3ccccc3N(c3ccccc3)c3ccccc3)n2)cc1. The second kappa shape index (κ2) is 14.3. The average molecular weight is 718 g/mol. The number of rotatable bonds is 8. The van der Waals surface area contributed by atoms with Gasteiger partial charge in [0, 0.05) is 38.8 Å². The molecule has 2 aromatic heterocycles. The van der Waals surface area contributed by atoms with E-state index >= 15 is 0 Å². The molecule has 0 aliphatic heterocycles. The molecule has 5 nitrogen and oxygen atoms in total. The van der Waals surface area contributed by atoms with Gasteiger partial charge < -0.3 is 4.90 Å². The lowest BCUT2D eigenvalue weighted by Crippen LogP contribution is -2.11. The Morgan fingerprint density at radius 3 is 1.55 bits per heavy atom. The minimum atomic E-state index is 0.561. The van der Waals surface area contributed by atoms with Gasteiger partial charge in [0.25, 0.3) is 0 Å². The number of benzene rings is 8. The first-order valence-corrected chi connectivity index (χ1v) is 18.8. The maximum atomic E-state index is 5.36. The lowest BCUT2D eigenvalue weighted by molar-refractivity contribution is 0.953. The molecule has 0 radical (unpaired) electrons. The van der Waals surface area contributed by atoms with E-state index in [9.17, 15) is 0 Å². The lowest BCUT2D eigenvalue weighted by Gasteiger charge is -2.28. The van der Waals surface area contributed by atoms with Gasteiger partial charge in [-0.2, -0.15) is 9.97 Å². The number of fused-ring (bicyclic) bond motifs is 3. The van der Waals surface area contributed by atoms with Crippen LogP contribution in [0.3, 0.4) is 0 Å². The van der Waals surface area contributed by atoms with Gasteiger partial charge in [0.1, 0.15) is 0 Å². The monoisotopic (exact) mass is 717 g/mol. The van der Waals surface area contributed by atoms with Gasteiger partial charge in [-0.3, -0.25) is 4.57 Å². The molecule has 264 valence electrons. The molecular weight excluding hydrogens is 683 g/mol. The van der Waals surface area contributed by atoms with Crippen molar-refractivity contribution in [1.82, 2.24) is 19.5 Å².